The van der Waals surface area contributed by atoms with Crippen LogP contribution in [0.15, 0.2) is 72.4 Å². The molecule has 0 saturated heterocycles. The molecular formula is C21H23N3O. The Kier molecular flexibility index (Phi) is 6.79. The summed E-state index contributed by atoms with van der Waals surface area (Å²) >= 11 is 0. The molecule has 0 spiro atoms. The Morgan fingerprint density at radius 3 is 2.32 bits per heavy atom. The van der Waals surface area contributed by atoms with Crippen LogP contribution in [0.25, 0.3) is 0 Å². The number of amides is 1. The molecule has 2 aromatic carbocycles. The molecule has 0 bridgehead atoms. The number of anilines is 1. The van der Waals surface area contributed by atoms with Gasteiger partial charge < -0.3 is 10.2 Å². The first-order chi connectivity index (χ1) is 12.1. The fourth-order valence-corrected chi connectivity index (χ4v) is 2.31. The lowest BCUT2D eigenvalue weighted by molar-refractivity contribution is -0.117. The lowest BCUT2D eigenvalue weighted by atomic mass is 10.2. The quantitative estimate of drug-likeness (QED) is 0.615. The summed E-state index contributed by atoms with van der Waals surface area (Å²) in [5.74, 6) is -0.342. The molecule has 0 fully saturated rings. The summed E-state index contributed by atoms with van der Waals surface area (Å²) in [6.07, 6.45) is 2.44. The van der Waals surface area contributed by atoms with Crippen LogP contribution < -0.4 is 10.2 Å². The van der Waals surface area contributed by atoms with Gasteiger partial charge in [0.05, 0.1) is 0 Å². The van der Waals surface area contributed by atoms with Gasteiger partial charge in [-0.05, 0) is 31.0 Å². The van der Waals surface area contributed by atoms with Crippen molar-refractivity contribution in [1.29, 1.82) is 5.26 Å². The third-order valence-electron chi connectivity index (χ3n) is 3.92. The highest BCUT2D eigenvalue weighted by Gasteiger charge is 2.14. The topological polar surface area (TPSA) is 56.1 Å². The fourth-order valence-electron chi connectivity index (χ4n) is 2.31. The standard InChI is InChI=1S/C21H23N3O/c1-3-17(2)23-21(25)19(14-22)16-24(20-12-8-5-9-13-20)15-18-10-6-4-7-11-18/h4-13,16-17H,3,15H2,1-2H3,(H,23,25)/b19-16-. The third-order valence-corrected chi connectivity index (χ3v) is 3.92. The molecule has 4 heteroatoms. The van der Waals surface area contributed by atoms with Gasteiger partial charge in [-0.2, -0.15) is 5.26 Å². The number of nitriles is 1. The second kappa shape index (κ2) is 9.29. The summed E-state index contributed by atoms with van der Waals surface area (Å²) in [4.78, 5) is 14.3. The molecule has 0 aliphatic heterocycles. The van der Waals surface area contributed by atoms with E-state index in [0.29, 0.717) is 6.54 Å². The first-order valence-corrected chi connectivity index (χ1v) is 8.42. The number of hydrogen-bond acceptors (Lipinski definition) is 3. The molecule has 1 unspecified atom stereocenters. The van der Waals surface area contributed by atoms with Gasteiger partial charge in [-0.3, -0.25) is 4.79 Å². The average molecular weight is 333 g/mol. The van der Waals surface area contributed by atoms with E-state index in [-0.39, 0.29) is 17.5 Å². The Hall–Kier alpha value is -3.06. The first kappa shape index (κ1) is 18.3. The van der Waals surface area contributed by atoms with E-state index in [1.807, 2.05) is 85.5 Å². The van der Waals surface area contributed by atoms with Crippen LogP contribution in [0.2, 0.25) is 0 Å². The highest BCUT2D eigenvalue weighted by molar-refractivity contribution is 5.97. The summed E-state index contributed by atoms with van der Waals surface area (Å²) in [6.45, 7) is 4.49. The average Bonchev–Trinajstić information content (AvgIpc) is 2.66. The van der Waals surface area contributed by atoms with Crippen LogP contribution in [0.1, 0.15) is 25.8 Å². The molecule has 1 N–H and O–H groups in total. The fraction of sp³-hybridized carbons (Fsp3) is 0.238. The minimum atomic E-state index is -0.342. The molecule has 0 aromatic heterocycles. The van der Waals surface area contributed by atoms with Gasteiger partial charge in [0.15, 0.2) is 0 Å². The van der Waals surface area contributed by atoms with Crippen molar-refractivity contribution in [2.45, 2.75) is 32.9 Å². The zero-order valence-corrected chi connectivity index (χ0v) is 14.6. The van der Waals surface area contributed by atoms with Crippen LogP contribution in [0.4, 0.5) is 5.69 Å². The Balaban J connectivity index is 2.30. The molecule has 25 heavy (non-hydrogen) atoms. The summed E-state index contributed by atoms with van der Waals surface area (Å²) in [5, 5.41) is 12.3. The van der Waals surface area contributed by atoms with Crippen LogP contribution in [0, 0.1) is 11.3 Å². The normalized spacial score (nSPS) is 12.1. The van der Waals surface area contributed by atoms with E-state index in [1.54, 1.807) is 6.20 Å². The van der Waals surface area contributed by atoms with E-state index in [2.05, 4.69) is 5.32 Å². The largest absolute Gasteiger partial charge is 0.349 e. The molecule has 2 rings (SSSR count). The van der Waals surface area contributed by atoms with Crippen LogP contribution in [-0.2, 0) is 11.3 Å². The van der Waals surface area contributed by atoms with Crippen molar-refractivity contribution in [3.63, 3.8) is 0 Å². The van der Waals surface area contributed by atoms with E-state index >= 15 is 0 Å². The highest BCUT2D eigenvalue weighted by atomic mass is 16.1. The van der Waals surface area contributed by atoms with Crippen molar-refractivity contribution in [2.75, 3.05) is 4.90 Å². The van der Waals surface area contributed by atoms with Crippen molar-refractivity contribution in [3.05, 3.63) is 78.0 Å². The van der Waals surface area contributed by atoms with E-state index in [0.717, 1.165) is 17.7 Å². The molecule has 0 aliphatic rings. The van der Waals surface area contributed by atoms with Crippen molar-refractivity contribution < 1.29 is 4.79 Å². The Morgan fingerprint density at radius 1 is 1.16 bits per heavy atom. The molecule has 0 radical (unpaired) electrons. The summed E-state index contributed by atoms with van der Waals surface area (Å²) in [6, 6.07) is 21.7. The number of benzene rings is 2. The number of nitrogens with one attached hydrogen (secondary N) is 1. The van der Waals surface area contributed by atoms with Crippen LogP contribution >= 0.6 is 0 Å². The van der Waals surface area contributed by atoms with Gasteiger partial charge in [-0.15, -0.1) is 0 Å². The number of rotatable bonds is 7. The number of nitrogens with zero attached hydrogens (tertiary/aromatic N) is 2. The van der Waals surface area contributed by atoms with Gasteiger partial charge in [-0.25, -0.2) is 0 Å². The van der Waals surface area contributed by atoms with Crippen LogP contribution in [-0.4, -0.2) is 11.9 Å². The summed E-state index contributed by atoms with van der Waals surface area (Å²) in [5.41, 5.74) is 2.12. The Morgan fingerprint density at radius 2 is 1.76 bits per heavy atom. The maximum Gasteiger partial charge on any atom is 0.263 e. The molecule has 4 nitrogen and oxygen atoms in total. The number of carbonyl (C=O) groups is 1. The zero-order chi connectivity index (χ0) is 18.1. The van der Waals surface area contributed by atoms with Crippen molar-refractivity contribution in [1.82, 2.24) is 5.32 Å². The van der Waals surface area contributed by atoms with Gasteiger partial charge in [0.25, 0.3) is 5.91 Å². The Bertz CT molecular complexity index is 748. The third kappa shape index (κ3) is 5.50. The van der Waals surface area contributed by atoms with Gasteiger partial charge in [0.1, 0.15) is 11.6 Å². The van der Waals surface area contributed by atoms with Gasteiger partial charge in [0.2, 0.25) is 0 Å². The van der Waals surface area contributed by atoms with Crippen LogP contribution in [0.3, 0.4) is 0 Å². The molecule has 128 valence electrons. The highest BCUT2D eigenvalue weighted by Crippen LogP contribution is 2.18. The molecule has 0 heterocycles. The van der Waals surface area contributed by atoms with E-state index in [9.17, 15) is 10.1 Å². The molecule has 1 atom stereocenters. The second-order valence-corrected chi connectivity index (χ2v) is 5.89. The van der Waals surface area contributed by atoms with E-state index in [4.69, 9.17) is 0 Å². The molecule has 1 amide bonds. The SMILES string of the molecule is CCC(C)NC(=O)/C(C#N)=C\N(Cc1ccccc1)c1ccccc1. The van der Waals surface area contributed by atoms with E-state index in [1.165, 1.54) is 0 Å². The van der Waals surface area contributed by atoms with Crippen LogP contribution in [0.5, 0.6) is 0 Å². The molecule has 2 aromatic rings. The number of carbonyl (C=O) groups excluding carboxylic acids is 1. The molecular weight excluding hydrogens is 310 g/mol. The lowest BCUT2D eigenvalue weighted by Crippen LogP contribution is -2.33. The summed E-state index contributed by atoms with van der Waals surface area (Å²) < 4.78 is 0. The predicted molar refractivity (Wildman–Crippen MR) is 101 cm³/mol. The number of hydrogen-bond donors (Lipinski definition) is 1. The minimum absolute atomic E-state index is 0.0311. The lowest BCUT2D eigenvalue weighted by Gasteiger charge is -2.21. The molecule has 0 saturated carbocycles. The first-order valence-electron chi connectivity index (χ1n) is 8.42. The number of para-hydroxylation sites is 1. The van der Waals surface area contributed by atoms with Crippen molar-refractivity contribution in [2.24, 2.45) is 0 Å². The zero-order valence-electron chi connectivity index (χ0n) is 14.6. The van der Waals surface area contributed by atoms with Gasteiger partial charge >= 0.3 is 0 Å². The van der Waals surface area contributed by atoms with E-state index < -0.39 is 0 Å². The van der Waals surface area contributed by atoms with Gasteiger partial charge in [0, 0.05) is 24.5 Å². The minimum Gasteiger partial charge on any atom is -0.349 e. The smallest absolute Gasteiger partial charge is 0.263 e. The molecule has 0 aliphatic carbocycles. The predicted octanol–water partition coefficient (Wildman–Crippen LogP) is 4.02. The van der Waals surface area contributed by atoms with Crippen molar-refractivity contribution >= 4 is 11.6 Å². The maximum absolute atomic E-state index is 12.3. The maximum atomic E-state index is 12.3. The summed E-state index contributed by atoms with van der Waals surface area (Å²) in [7, 11) is 0. The van der Waals surface area contributed by atoms with Crippen molar-refractivity contribution in [3.8, 4) is 6.07 Å². The van der Waals surface area contributed by atoms with Gasteiger partial charge in [-0.1, -0.05) is 55.5 Å². The Labute approximate surface area is 149 Å². The monoisotopic (exact) mass is 333 g/mol. The second-order valence-electron chi connectivity index (χ2n) is 5.89.